The molecule has 3 aromatic carbocycles. The van der Waals surface area contributed by atoms with Gasteiger partial charge in [0.15, 0.2) is 0 Å². The molecule has 0 bridgehead atoms. The molecule has 0 saturated carbocycles. The van der Waals surface area contributed by atoms with E-state index in [-0.39, 0.29) is 12.2 Å². The number of aliphatic carboxylic acids is 1. The number of rotatable bonds is 10. The normalized spacial score (nSPS) is 12.0. The van der Waals surface area contributed by atoms with Crippen molar-refractivity contribution < 1.29 is 36.3 Å². The van der Waals surface area contributed by atoms with Gasteiger partial charge in [0.1, 0.15) is 6.04 Å². The highest BCUT2D eigenvalue weighted by molar-refractivity contribution is 7.90. The lowest BCUT2D eigenvalue weighted by atomic mass is 10.00. The van der Waals surface area contributed by atoms with Gasteiger partial charge in [0, 0.05) is 12.1 Å². The summed E-state index contributed by atoms with van der Waals surface area (Å²) in [5.41, 5.74) is 4.43. The van der Waals surface area contributed by atoms with E-state index in [1.807, 2.05) is 54.6 Å². The van der Waals surface area contributed by atoms with Gasteiger partial charge in [-0.3, -0.25) is 9.52 Å². The Morgan fingerprint density at radius 3 is 2.31 bits per heavy atom. The van der Waals surface area contributed by atoms with Crippen LogP contribution in [-0.2, 0) is 26.0 Å². The number of carbonyl (C=O) groups excluding carboxylic acids is 1. The number of halogens is 3. The summed E-state index contributed by atoms with van der Waals surface area (Å²) in [5, 5.41) is 23.2. The fourth-order valence-electron chi connectivity index (χ4n) is 3.66. The molecular weight excluding hydrogens is 575 g/mol. The van der Waals surface area contributed by atoms with Crippen LogP contribution in [0.25, 0.3) is 11.1 Å². The van der Waals surface area contributed by atoms with Crippen LogP contribution in [-0.4, -0.2) is 49.6 Å². The van der Waals surface area contributed by atoms with Crippen LogP contribution in [0.4, 0.5) is 18.9 Å². The first-order valence-electron chi connectivity index (χ1n) is 12.3. The Hall–Kier alpha value is -4.90. The monoisotopic (exact) mass is 603 g/mol. The SMILES string of the molecule is CCCS(=O)(=O)NC(=O)[C@H](Cc1cccc(C=NN)c1)Nc1ccc(-c2ccccc2C#N)cc1.O=C(O)C(F)(F)F. The molecular formula is C28H28F3N5O5S. The van der Waals surface area contributed by atoms with E-state index < -0.39 is 34.1 Å². The van der Waals surface area contributed by atoms with Crippen molar-refractivity contribution in [2.75, 3.05) is 11.1 Å². The molecule has 5 N–H and O–H groups in total. The van der Waals surface area contributed by atoms with Gasteiger partial charge in [-0.2, -0.15) is 23.5 Å². The highest BCUT2D eigenvalue weighted by Crippen LogP contribution is 2.25. The van der Waals surface area contributed by atoms with Gasteiger partial charge in [-0.1, -0.05) is 61.5 Å². The van der Waals surface area contributed by atoms with Gasteiger partial charge in [-0.25, -0.2) is 13.2 Å². The fraction of sp³-hybridized carbons (Fsp3) is 0.214. The van der Waals surface area contributed by atoms with E-state index in [2.05, 4.69) is 21.2 Å². The number of anilines is 1. The van der Waals surface area contributed by atoms with E-state index in [0.717, 1.165) is 22.3 Å². The molecule has 1 atom stereocenters. The average Bonchev–Trinajstić information content (AvgIpc) is 2.93. The number of hydrogen-bond acceptors (Lipinski definition) is 8. The zero-order chi connectivity index (χ0) is 31.3. The lowest BCUT2D eigenvalue weighted by molar-refractivity contribution is -0.192. The average molecular weight is 604 g/mol. The minimum absolute atomic E-state index is 0.138. The van der Waals surface area contributed by atoms with Crippen LogP contribution in [0.1, 0.15) is 30.0 Å². The molecule has 14 heteroatoms. The highest BCUT2D eigenvalue weighted by Gasteiger charge is 2.38. The van der Waals surface area contributed by atoms with E-state index in [9.17, 15) is 31.6 Å². The largest absolute Gasteiger partial charge is 0.490 e. The van der Waals surface area contributed by atoms with Crippen molar-refractivity contribution in [2.24, 2.45) is 10.9 Å². The second-order valence-corrected chi connectivity index (χ2v) is 10.6. The molecule has 0 heterocycles. The second-order valence-electron chi connectivity index (χ2n) is 8.75. The topological polar surface area (TPSA) is 175 Å². The standard InChI is InChI=1S/C26H27N5O3S.C2HF3O2/c1-2-14-35(33,34)31-26(32)25(16-19-6-5-7-20(15-19)18-29-28)30-23-12-10-21(11-13-23)24-9-4-3-8-22(24)17-27;3-2(4,5)1(6)7/h3-13,15,18,25,30H,2,14,16,28H2,1H3,(H,31,32);(H,6,7)/t25-;/m0./s1. The van der Waals surface area contributed by atoms with Gasteiger partial charge in [-0.15, -0.1) is 0 Å². The van der Waals surface area contributed by atoms with Crippen molar-refractivity contribution in [2.45, 2.75) is 32.0 Å². The van der Waals surface area contributed by atoms with E-state index in [1.54, 1.807) is 25.1 Å². The zero-order valence-electron chi connectivity index (χ0n) is 22.3. The van der Waals surface area contributed by atoms with Gasteiger partial charge < -0.3 is 16.3 Å². The minimum atomic E-state index is -5.08. The Bertz CT molecular complexity index is 1550. The molecule has 0 spiro atoms. The maximum atomic E-state index is 13.0. The molecule has 0 aromatic heterocycles. The molecule has 10 nitrogen and oxygen atoms in total. The first-order valence-corrected chi connectivity index (χ1v) is 14.0. The number of alkyl halides is 3. The lowest BCUT2D eigenvalue weighted by Crippen LogP contribution is -2.44. The Morgan fingerprint density at radius 1 is 1.10 bits per heavy atom. The summed E-state index contributed by atoms with van der Waals surface area (Å²) in [6.45, 7) is 1.73. The number of carboxylic acid groups (broad SMARTS) is 1. The molecule has 1 amide bonds. The van der Waals surface area contributed by atoms with Crippen LogP contribution in [0.5, 0.6) is 0 Å². The minimum Gasteiger partial charge on any atom is -0.475 e. The second kappa shape index (κ2) is 15.2. The molecule has 0 unspecified atom stereocenters. The molecule has 0 aliphatic heterocycles. The fourth-order valence-corrected chi connectivity index (χ4v) is 4.74. The van der Waals surface area contributed by atoms with Crippen LogP contribution in [0, 0.1) is 11.3 Å². The summed E-state index contributed by atoms with van der Waals surface area (Å²) in [7, 11) is -3.74. The molecule has 0 radical (unpaired) electrons. The van der Waals surface area contributed by atoms with Crippen molar-refractivity contribution >= 4 is 33.8 Å². The molecule has 0 aliphatic carbocycles. The quantitative estimate of drug-likeness (QED) is 0.153. The number of sulfonamides is 1. The van der Waals surface area contributed by atoms with Gasteiger partial charge in [0.05, 0.1) is 23.6 Å². The van der Waals surface area contributed by atoms with Crippen molar-refractivity contribution in [1.82, 2.24) is 4.72 Å². The third-order valence-electron chi connectivity index (χ3n) is 5.49. The summed E-state index contributed by atoms with van der Waals surface area (Å²) >= 11 is 0. The van der Waals surface area contributed by atoms with Crippen LogP contribution in [0.2, 0.25) is 0 Å². The smallest absolute Gasteiger partial charge is 0.475 e. The first-order chi connectivity index (χ1) is 19.8. The third-order valence-corrected chi connectivity index (χ3v) is 6.94. The van der Waals surface area contributed by atoms with E-state index >= 15 is 0 Å². The van der Waals surface area contributed by atoms with E-state index in [0.29, 0.717) is 17.7 Å². The highest BCUT2D eigenvalue weighted by atomic mass is 32.2. The van der Waals surface area contributed by atoms with Gasteiger partial charge in [0.2, 0.25) is 10.0 Å². The Labute approximate surface area is 240 Å². The van der Waals surface area contributed by atoms with Gasteiger partial charge in [0.25, 0.3) is 5.91 Å². The number of hydrogen-bond donors (Lipinski definition) is 4. The number of carbonyl (C=O) groups is 2. The van der Waals surface area contributed by atoms with Crippen molar-refractivity contribution in [3.8, 4) is 17.2 Å². The predicted octanol–water partition coefficient (Wildman–Crippen LogP) is 4.03. The van der Waals surface area contributed by atoms with Crippen LogP contribution in [0.15, 0.2) is 77.9 Å². The van der Waals surface area contributed by atoms with E-state index in [4.69, 9.17) is 15.7 Å². The summed E-state index contributed by atoms with van der Waals surface area (Å²) in [5.74, 6) is 1.70. The lowest BCUT2D eigenvalue weighted by Gasteiger charge is -2.20. The summed E-state index contributed by atoms with van der Waals surface area (Å²) in [4.78, 5) is 21.9. The summed E-state index contributed by atoms with van der Waals surface area (Å²) in [6.07, 6.45) is -2.96. The Balaban J connectivity index is 0.000000782. The molecule has 3 rings (SSSR count). The number of nitriles is 1. The van der Waals surface area contributed by atoms with Crippen LogP contribution < -0.4 is 15.9 Å². The predicted molar refractivity (Wildman–Crippen MR) is 152 cm³/mol. The third kappa shape index (κ3) is 10.6. The van der Waals surface area contributed by atoms with Gasteiger partial charge >= 0.3 is 12.1 Å². The Morgan fingerprint density at radius 2 is 1.74 bits per heavy atom. The maximum absolute atomic E-state index is 13.0. The number of nitrogens with zero attached hydrogens (tertiary/aromatic N) is 2. The zero-order valence-corrected chi connectivity index (χ0v) is 23.1. The molecule has 222 valence electrons. The van der Waals surface area contributed by atoms with E-state index in [1.165, 1.54) is 6.21 Å². The molecule has 3 aromatic rings. The molecule has 42 heavy (non-hydrogen) atoms. The van der Waals surface area contributed by atoms with Gasteiger partial charge in [-0.05, 0) is 46.9 Å². The van der Waals surface area contributed by atoms with Crippen molar-refractivity contribution in [1.29, 1.82) is 5.26 Å². The number of benzene rings is 3. The first kappa shape index (κ1) is 33.3. The number of nitrogens with one attached hydrogen (secondary N) is 2. The molecule has 0 fully saturated rings. The summed E-state index contributed by atoms with van der Waals surface area (Å²) < 4.78 is 58.4. The number of hydrazone groups is 1. The maximum Gasteiger partial charge on any atom is 0.490 e. The van der Waals surface area contributed by atoms with Crippen molar-refractivity contribution in [3.63, 3.8) is 0 Å². The summed E-state index contributed by atoms with van der Waals surface area (Å²) in [6, 6.07) is 23.2. The Kier molecular flexibility index (Phi) is 12.1. The number of carboxylic acids is 1. The van der Waals surface area contributed by atoms with Crippen LogP contribution in [0.3, 0.4) is 0 Å². The van der Waals surface area contributed by atoms with Crippen LogP contribution >= 0.6 is 0 Å². The number of nitrogens with two attached hydrogens (primary N) is 1. The molecule has 0 saturated heterocycles. The molecule has 0 aliphatic rings. The number of amides is 1. The van der Waals surface area contributed by atoms with Crippen molar-refractivity contribution in [3.05, 3.63) is 89.5 Å².